The topological polar surface area (TPSA) is 87.9 Å². The molecule has 4 N–H and O–H groups in total. The molecule has 1 aliphatic heterocycles. The highest BCUT2D eigenvalue weighted by Crippen LogP contribution is 2.08. The lowest BCUT2D eigenvalue weighted by atomic mass is 10.1. The highest BCUT2D eigenvalue weighted by atomic mass is 16.6. The zero-order valence-corrected chi connectivity index (χ0v) is 8.24. The molecule has 0 aliphatic carbocycles. The Bertz CT molecular complexity index is 183. The minimum Gasteiger partial charge on any atom is -0.480 e. The lowest BCUT2D eigenvalue weighted by Gasteiger charge is -2.12. The van der Waals surface area contributed by atoms with Gasteiger partial charge in [-0.25, -0.2) is 0 Å². The second-order valence-corrected chi connectivity index (χ2v) is 3.54. The van der Waals surface area contributed by atoms with Crippen molar-refractivity contribution in [3.63, 3.8) is 0 Å². The van der Waals surface area contributed by atoms with Crippen LogP contribution in [0.2, 0.25) is 0 Å². The molecule has 1 saturated heterocycles. The average Bonchev–Trinajstić information content (AvgIpc) is 2.94. The van der Waals surface area contributed by atoms with Crippen LogP contribution in [0.4, 0.5) is 0 Å². The molecule has 0 spiro atoms. The fraction of sp³-hybridized carbons (Fsp3) is 0.889. The Morgan fingerprint density at radius 3 is 2.86 bits per heavy atom. The monoisotopic (exact) mass is 202 g/mol. The van der Waals surface area contributed by atoms with Gasteiger partial charge in [0.1, 0.15) is 6.04 Å². The molecule has 0 amide bonds. The number of carboxylic acid groups (broad SMARTS) is 1. The van der Waals surface area contributed by atoms with Crippen LogP contribution < -0.4 is 11.1 Å². The first-order valence-corrected chi connectivity index (χ1v) is 5.02. The molecule has 0 aromatic carbocycles. The first-order valence-electron chi connectivity index (χ1n) is 5.02. The van der Waals surface area contributed by atoms with Crippen LogP contribution in [0, 0.1) is 0 Å². The lowest BCUT2D eigenvalue weighted by Crippen LogP contribution is -2.38. The molecule has 0 bridgehead atoms. The minimum absolute atomic E-state index is 0.228. The molecular weight excluding hydrogens is 184 g/mol. The summed E-state index contributed by atoms with van der Waals surface area (Å²) in [6.45, 7) is 2.01. The maximum atomic E-state index is 10.8. The smallest absolute Gasteiger partial charge is 0.320 e. The maximum absolute atomic E-state index is 10.8. The van der Waals surface area contributed by atoms with Gasteiger partial charge in [0.05, 0.1) is 12.7 Å². The summed E-state index contributed by atoms with van der Waals surface area (Å²) in [5.41, 5.74) is 5.34. The largest absolute Gasteiger partial charge is 0.480 e. The SMILES string of the molecule is NCCCC[C@H](NCC1CO1)C(=O)O. The van der Waals surface area contributed by atoms with Gasteiger partial charge in [-0.05, 0) is 19.4 Å². The van der Waals surface area contributed by atoms with Crippen LogP contribution in [0.5, 0.6) is 0 Å². The number of nitrogens with two attached hydrogens (primary N) is 1. The van der Waals surface area contributed by atoms with Crippen LogP contribution in [-0.2, 0) is 9.53 Å². The number of rotatable bonds is 8. The summed E-state index contributed by atoms with van der Waals surface area (Å²) in [6, 6.07) is -0.453. The normalized spacial score (nSPS) is 21.9. The molecule has 2 atom stereocenters. The Morgan fingerprint density at radius 2 is 2.36 bits per heavy atom. The van der Waals surface area contributed by atoms with Crippen molar-refractivity contribution in [2.24, 2.45) is 5.73 Å². The van der Waals surface area contributed by atoms with Gasteiger partial charge < -0.3 is 20.9 Å². The number of hydrogen-bond acceptors (Lipinski definition) is 4. The first kappa shape index (κ1) is 11.4. The highest BCUT2D eigenvalue weighted by Gasteiger charge is 2.25. The van der Waals surface area contributed by atoms with E-state index < -0.39 is 12.0 Å². The zero-order chi connectivity index (χ0) is 10.4. The van der Waals surface area contributed by atoms with Crippen molar-refractivity contribution in [3.05, 3.63) is 0 Å². The van der Waals surface area contributed by atoms with Gasteiger partial charge in [0.25, 0.3) is 0 Å². The van der Waals surface area contributed by atoms with E-state index >= 15 is 0 Å². The molecule has 1 unspecified atom stereocenters. The number of nitrogens with one attached hydrogen (secondary N) is 1. The van der Waals surface area contributed by atoms with Gasteiger partial charge in [-0.2, -0.15) is 0 Å². The van der Waals surface area contributed by atoms with Gasteiger partial charge >= 0.3 is 5.97 Å². The summed E-state index contributed by atoms with van der Waals surface area (Å²) in [6.07, 6.45) is 2.60. The zero-order valence-electron chi connectivity index (χ0n) is 8.24. The Labute approximate surface area is 83.6 Å². The second-order valence-electron chi connectivity index (χ2n) is 3.54. The summed E-state index contributed by atoms with van der Waals surface area (Å²) in [5, 5.41) is 11.8. The van der Waals surface area contributed by atoms with Gasteiger partial charge in [-0.3, -0.25) is 4.79 Å². The number of aliphatic carboxylic acids is 1. The Morgan fingerprint density at radius 1 is 1.64 bits per heavy atom. The van der Waals surface area contributed by atoms with Crippen LogP contribution in [0.15, 0.2) is 0 Å². The van der Waals surface area contributed by atoms with Crippen molar-refractivity contribution in [1.82, 2.24) is 5.32 Å². The number of carbonyl (C=O) groups is 1. The summed E-state index contributed by atoms with van der Waals surface area (Å²) in [5.74, 6) is -0.789. The van der Waals surface area contributed by atoms with Crippen LogP contribution in [0.25, 0.3) is 0 Å². The number of ether oxygens (including phenoxy) is 1. The number of hydrogen-bond donors (Lipinski definition) is 3. The van der Waals surface area contributed by atoms with Crippen molar-refractivity contribution in [2.75, 3.05) is 19.7 Å². The van der Waals surface area contributed by atoms with Crippen molar-refractivity contribution >= 4 is 5.97 Å². The molecule has 1 rings (SSSR count). The third-order valence-corrected chi connectivity index (χ3v) is 2.24. The number of carboxylic acids is 1. The van der Waals surface area contributed by atoms with E-state index in [0.29, 0.717) is 19.5 Å². The molecule has 14 heavy (non-hydrogen) atoms. The molecule has 1 heterocycles. The Kier molecular flexibility index (Phi) is 4.86. The fourth-order valence-corrected chi connectivity index (χ4v) is 1.27. The van der Waals surface area contributed by atoms with Gasteiger partial charge in [0, 0.05) is 6.54 Å². The minimum atomic E-state index is -0.789. The van der Waals surface area contributed by atoms with Crippen LogP contribution >= 0.6 is 0 Å². The molecule has 0 saturated carbocycles. The molecule has 5 heteroatoms. The van der Waals surface area contributed by atoms with E-state index in [1.54, 1.807) is 0 Å². The molecule has 0 radical (unpaired) electrons. The third-order valence-electron chi connectivity index (χ3n) is 2.24. The molecule has 1 fully saturated rings. The average molecular weight is 202 g/mol. The summed E-state index contributed by atoms with van der Waals surface area (Å²) in [4.78, 5) is 10.8. The molecule has 0 aromatic rings. The van der Waals surface area contributed by atoms with Crippen LogP contribution in [-0.4, -0.2) is 42.9 Å². The van der Waals surface area contributed by atoms with Crippen molar-refractivity contribution in [3.8, 4) is 0 Å². The molecule has 5 nitrogen and oxygen atoms in total. The highest BCUT2D eigenvalue weighted by molar-refractivity contribution is 5.73. The van der Waals surface area contributed by atoms with Crippen molar-refractivity contribution < 1.29 is 14.6 Å². The van der Waals surface area contributed by atoms with E-state index in [1.807, 2.05) is 0 Å². The van der Waals surface area contributed by atoms with Gasteiger partial charge in [0.15, 0.2) is 0 Å². The molecular formula is C9H18N2O3. The van der Waals surface area contributed by atoms with Crippen molar-refractivity contribution in [2.45, 2.75) is 31.4 Å². The van der Waals surface area contributed by atoms with Crippen LogP contribution in [0.1, 0.15) is 19.3 Å². The number of epoxide rings is 1. The first-order chi connectivity index (χ1) is 6.74. The molecule has 1 aliphatic rings. The van der Waals surface area contributed by atoms with Gasteiger partial charge in [-0.15, -0.1) is 0 Å². The quantitative estimate of drug-likeness (QED) is 0.367. The standard InChI is InChI=1S/C9H18N2O3/c10-4-2-1-3-8(9(12)13)11-5-7-6-14-7/h7-8,11H,1-6,10H2,(H,12,13)/t7?,8-/m0/s1. The van der Waals surface area contributed by atoms with E-state index in [-0.39, 0.29) is 6.10 Å². The fourth-order valence-electron chi connectivity index (χ4n) is 1.27. The molecule has 0 aromatic heterocycles. The van der Waals surface area contributed by atoms with E-state index in [4.69, 9.17) is 15.6 Å². The van der Waals surface area contributed by atoms with E-state index in [1.165, 1.54) is 0 Å². The van der Waals surface area contributed by atoms with E-state index in [9.17, 15) is 4.79 Å². The lowest BCUT2D eigenvalue weighted by molar-refractivity contribution is -0.139. The summed E-state index contributed by atoms with van der Waals surface area (Å²) in [7, 11) is 0. The Balaban J connectivity index is 2.12. The maximum Gasteiger partial charge on any atom is 0.320 e. The number of unbranched alkanes of at least 4 members (excludes halogenated alkanes) is 1. The predicted octanol–water partition coefficient (Wildman–Crippen LogP) is -0.443. The van der Waals surface area contributed by atoms with Gasteiger partial charge in [0.2, 0.25) is 0 Å². The summed E-state index contributed by atoms with van der Waals surface area (Å²) < 4.78 is 4.99. The second kappa shape index (κ2) is 5.95. The predicted molar refractivity (Wildman–Crippen MR) is 52.1 cm³/mol. The Hall–Kier alpha value is -0.650. The van der Waals surface area contributed by atoms with Gasteiger partial charge in [-0.1, -0.05) is 6.42 Å². The molecule has 82 valence electrons. The summed E-state index contributed by atoms with van der Waals surface area (Å²) >= 11 is 0. The third kappa shape index (κ3) is 4.55. The van der Waals surface area contributed by atoms with E-state index in [0.717, 1.165) is 19.4 Å². The van der Waals surface area contributed by atoms with E-state index in [2.05, 4.69) is 5.32 Å². The van der Waals surface area contributed by atoms with Crippen molar-refractivity contribution in [1.29, 1.82) is 0 Å². The van der Waals surface area contributed by atoms with Crippen LogP contribution in [0.3, 0.4) is 0 Å².